The van der Waals surface area contributed by atoms with Crippen LogP contribution < -0.4 is 9.80 Å². The zero-order chi connectivity index (χ0) is 16.6. The van der Waals surface area contributed by atoms with Crippen LogP contribution in [0.1, 0.15) is 36.7 Å². The van der Waals surface area contributed by atoms with Crippen molar-refractivity contribution in [1.29, 1.82) is 0 Å². The van der Waals surface area contributed by atoms with Gasteiger partial charge in [0.2, 0.25) is 11.9 Å². The van der Waals surface area contributed by atoms with Crippen LogP contribution in [-0.2, 0) is 13.0 Å². The van der Waals surface area contributed by atoms with Crippen molar-refractivity contribution >= 4 is 11.9 Å². The summed E-state index contributed by atoms with van der Waals surface area (Å²) < 4.78 is 13.5. The zero-order valence-electron chi connectivity index (χ0n) is 14.0. The number of fused-ring (bicyclic) bond motifs is 1. The van der Waals surface area contributed by atoms with Crippen molar-refractivity contribution in [3.63, 3.8) is 0 Å². The van der Waals surface area contributed by atoms with Gasteiger partial charge in [-0.1, -0.05) is 19.9 Å². The van der Waals surface area contributed by atoms with Gasteiger partial charge in [-0.3, -0.25) is 0 Å². The molecule has 0 radical (unpaired) electrons. The average molecular weight is 315 g/mol. The topological polar surface area (TPSA) is 45.2 Å². The minimum Gasteiger partial charge on any atom is -0.347 e. The number of aromatic nitrogens is 3. The van der Waals surface area contributed by atoms with Crippen LogP contribution in [0.25, 0.3) is 0 Å². The predicted octanol–water partition coefficient (Wildman–Crippen LogP) is 2.76. The summed E-state index contributed by atoms with van der Waals surface area (Å²) in [7, 11) is 3.84. The second-order valence-corrected chi connectivity index (χ2v) is 6.43. The van der Waals surface area contributed by atoms with Gasteiger partial charge in [0.25, 0.3) is 0 Å². The van der Waals surface area contributed by atoms with Crippen molar-refractivity contribution in [2.45, 2.75) is 32.7 Å². The number of halogens is 1. The number of hydrogen-bond donors (Lipinski definition) is 0. The zero-order valence-corrected chi connectivity index (χ0v) is 14.0. The Kier molecular flexibility index (Phi) is 4.15. The van der Waals surface area contributed by atoms with Crippen molar-refractivity contribution in [2.75, 3.05) is 30.4 Å². The highest BCUT2D eigenvalue weighted by atomic mass is 19.1. The summed E-state index contributed by atoms with van der Waals surface area (Å²) in [6.45, 7) is 5.59. The van der Waals surface area contributed by atoms with Crippen molar-refractivity contribution in [2.24, 2.45) is 0 Å². The van der Waals surface area contributed by atoms with Crippen LogP contribution in [0.5, 0.6) is 0 Å². The third kappa shape index (κ3) is 3.25. The van der Waals surface area contributed by atoms with Crippen molar-refractivity contribution in [1.82, 2.24) is 15.0 Å². The molecule has 3 rings (SSSR count). The number of nitrogens with zero attached hydrogens (tertiary/aromatic N) is 5. The quantitative estimate of drug-likeness (QED) is 0.871. The van der Waals surface area contributed by atoms with Crippen molar-refractivity contribution in [3.05, 3.63) is 41.0 Å². The van der Waals surface area contributed by atoms with E-state index in [1.807, 2.05) is 25.1 Å². The van der Waals surface area contributed by atoms with Gasteiger partial charge in [-0.25, -0.2) is 4.39 Å². The molecule has 0 N–H and O–H groups in total. The van der Waals surface area contributed by atoms with Crippen LogP contribution in [0.15, 0.2) is 18.2 Å². The first-order valence-electron chi connectivity index (χ1n) is 7.89. The van der Waals surface area contributed by atoms with Gasteiger partial charge in [-0.15, -0.1) is 0 Å². The lowest BCUT2D eigenvalue weighted by atomic mass is 10.00. The molecule has 0 saturated heterocycles. The second-order valence-electron chi connectivity index (χ2n) is 6.43. The van der Waals surface area contributed by atoms with E-state index in [-0.39, 0.29) is 11.7 Å². The first-order valence-corrected chi connectivity index (χ1v) is 7.89. The summed E-state index contributed by atoms with van der Waals surface area (Å²) in [6.07, 6.45) is 0.871. The maximum absolute atomic E-state index is 13.5. The van der Waals surface area contributed by atoms with Crippen LogP contribution in [-0.4, -0.2) is 35.6 Å². The third-order valence-electron chi connectivity index (χ3n) is 4.01. The molecule has 0 aliphatic carbocycles. The Morgan fingerprint density at radius 2 is 1.91 bits per heavy atom. The Morgan fingerprint density at radius 1 is 1.13 bits per heavy atom. The Hall–Kier alpha value is -2.24. The molecule has 0 fully saturated rings. The minimum absolute atomic E-state index is 0.196. The Balaban J connectivity index is 1.95. The fraction of sp³-hybridized carbons (Fsp3) is 0.471. The summed E-state index contributed by atoms with van der Waals surface area (Å²) in [6, 6.07) is 5.01. The highest BCUT2D eigenvalue weighted by Gasteiger charge is 2.21. The molecule has 2 heterocycles. The number of hydrogen-bond acceptors (Lipinski definition) is 5. The molecule has 1 aromatic carbocycles. The van der Waals surface area contributed by atoms with Gasteiger partial charge in [-0.05, 0) is 29.7 Å². The Morgan fingerprint density at radius 3 is 2.61 bits per heavy atom. The van der Waals surface area contributed by atoms with E-state index < -0.39 is 0 Å². The molecule has 0 saturated carbocycles. The maximum Gasteiger partial charge on any atom is 0.230 e. The molecule has 1 aromatic heterocycles. The SMILES string of the molecule is CC(C)c1nc(N(C)C)nc(N2CCc3ccc(F)cc3C2)n1. The van der Waals surface area contributed by atoms with E-state index in [2.05, 4.69) is 33.7 Å². The van der Waals surface area contributed by atoms with Gasteiger partial charge in [0.15, 0.2) is 0 Å². The van der Waals surface area contributed by atoms with Crippen molar-refractivity contribution in [3.8, 4) is 0 Å². The monoisotopic (exact) mass is 315 g/mol. The molecular weight excluding hydrogens is 293 g/mol. The standard InChI is InChI=1S/C17H22FN5/c1-11(2)15-19-16(22(3)4)21-17(20-15)23-8-7-12-5-6-14(18)9-13(12)10-23/h5-6,9,11H,7-8,10H2,1-4H3. The smallest absolute Gasteiger partial charge is 0.230 e. The lowest BCUT2D eigenvalue weighted by molar-refractivity contribution is 0.616. The molecule has 0 atom stereocenters. The maximum atomic E-state index is 13.5. The molecule has 0 unspecified atom stereocenters. The first kappa shape index (κ1) is 15.6. The van der Waals surface area contributed by atoms with Gasteiger partial charge in [0.1, 0.15) is 11.6 Å². The van der Waals surface area contributed by atoms with E-state index in [4.69, 9.17) is 0 Å². The van der Waals surface area contributed by atoms with E-state index in [0.717, 1.165) is 24.4 Å². The fourth-order valence-electron chi connectivity index (χ4n) is 2.67. The fourth-order valence-corrected chi connectivity index (χ4v) is 2.67. The van der Waals surface area contributed by atoms with Crippen LogP contribution in [0.2, 0.25) is 0 Å². The van der Waals surface area contributed by atoms with Crippen LogP contribution in [0.3, 0.4) is 0 Å². The van der Waals surface area contributed by atoms with Crippen LogP contribution in [0.4, 0.5) is 16.3 Å². The van der Waals surface area contributed by atoms with Crippen LogP contribution in [0, 0.1) is 5.82 Å². The average Bonchev–Trinajstić information content (AvgIpc) is 2.53. The van der Waals surface area contributed by atoms with Gasteiger partial charge >= 0.3 is 0 Å². The van der Waals surface area contributed by atoms with E-state index >= 15 is 0 Å². The van der Waals surface area contributed by atoms with Crippen LogP contribution >= 0.6 is 0 Å². The molecule has 23 heavy (non-hydrogen) atoms. The summed E-state index contributed by atoms with van der Waals surface area (Å²) in [5.74, 6) is 2.14. The largest absolute Gasteiger partial charge is 0.347 e. The molecule has 5 nitrogen and oxygen atoms in total. The molecular formula is C17H22FN5. The van der Waals surface area contributed by atoms with E-state index in [1.54, 1.807) is 6.07 Å². The lowest BCUT2D eigenvalue weighted by Crippen LogP contribution is -2.33. The summed E-state index contributed by atoms with van der Waals surface area (Å²) in [5.41, 5.74) is 2.21. The van der Waals surface area contributed by atoms with Gasteiger partial charge in [-0.2, -0.15) is 15.0 Å². The second kappa shape index (κ2) is 6.10. The highest BCUT2D eigenvalue weighted by Crippen LogP contribution is 2.25. The molecule has 1 aliphatic heterocycles. The first-order chi connectivity index (χ1) is 10.9. The highest BCUT2D eigenvalue weighted by molar-refractivity contribution is 5.43. The molecule has 2 aromatic rings. The Labute approximate surface area is 136 Å². The molecule has 0 spiro atoms. The Bertz CT molecular complexity index is 688. The third-order valence-corrected chi connectivity index (χ3v) is 4.01. The molecule has 122 valence electrons. The lowest BCUT2D eigenvalue weighted by Gasteiger charge is -2.29. The normalized spacial score (nSPS) is 14.1. The summed E-state index contributed by atoms with van der Waals surface area (Å²) in [4.78, 5) is 17.7. The molecule has 0 bridgehead atoms. The minimum atomic E-state index is -0.196. The van der Waals surface area contributed by atoms with Gasteiger partial charge < -0.3 is 9.80 Å². The number of benzene rings is 1. The van der Waals surface area contributed by atoms with E-state index in [1.165, 1.54) is 11.6 Å². The number of anilines is 2. The number of rotatable bonds is 3. The van der Waals surface area contributed by atoms with E-state index in [9.17, 15) is 4.39 Å². The molecule has 6 heteroatoms. The van der Waals surface area contributed by atoms with E-state index in [0.29, 0.717) is 18.4 Å². The summed E-state index contributed by atoms with van der Waals surface area (Å²) >= 11 is 0. The van der Waals surface area contributed by atoms with Crippen molar-refractivity contribution < 1.29 is 4.39 Å². The van der Waals surface area contributed by atoms with Gasteiger partial charge in [0, 0.05) is 33.1 Å². The summed E-state index contributed by atoms with van der Waals surface area (Å²) in [5, 5.41) is 0. The molecule has 0 amide bonds. The predicted molar refractivity (Wildman–Crippen MR) is 89.4 cm³/mol. The molecule has 1 aliphatic rings. The van der Waals surface area contributed by atoms with Gasteiger partial charge in [0.05, 0.1) is 0 Å².